The van der Waals surface area contributed by atoms with Crippen molar-refractivity contribution < 1.29 is 4.79 Å². The van der Waals surface area contributed by atoms with Gasteiger partial charge in [-0.1, -0.05) is 30.3 Å². The lowest BCUT2D eigenvalue weighted by molar-refractivity contribution is -0.129. The third-order valence-electron chi connectivity index (χ3n) is 5.91. The fourth-order valence-electron chi connectivity index (χ4n) is 4.39. The molecule has 0 bridgehead atoms. The van der Waals surface area contributed by atoms with Crippen molar-refractivity contribution in [1.82, 2.24) is 19.8 Å². The van der Waals surface area contributed by atoms with Crippen LogP contribution in [0.1, 0.15) is 48.5 Å². The van der Waals surface area contributed by atoms with E-state index < -0.39 is 0 Å². The summed E-state index contributed by atoms with van der Waals surface area (Å²) in [6.45, 7) is 5.35. The Morgan fingerprint density at radius 1 is 1.21 bits per heavy atom. The molecule has 1 fully saturated rings. The fourth-order valence-corrected chi connectivity index (χ4v) is 4.39. The summed E-state index contributed by atoms with van der Waals surface area (Å²) in [5.74, 6) is 1.83. The maximum absolute atomic E-state index is 12.0. The minimum Gasteiger partial charge on any atom is -0.373 e. The van der Waals surface area contributed by atoms with E-state index in [0.29, 0.717) is 0 Å². The summed E-state index contributed by atoms with van der Waals surface area (Å²) >= 11 is 0. The van der Waals surface area contributed by atoms with Gasteiger partial charge in [-0.05, 0) is 31.2 Å². The van der Waals surface area contributed by atoms with Crippen LogP contribution in [0.2, 0.25) is 0 Å². The highest BCUT2D eigenvalue weighted by Crippen LogP contribution is 2.33. The molecule has 148 valence electrons. The molecule has 2 aliphatic rings. The summed E-state index contributed by atoms with van der Waals surface area (Å²) in [7, 11) is 1.92. The highest BCUT2D eigenvalue weighted by atomic mass is 16.2. The molecule has 4 rings (SSSR count). The van der Waals surface area contributed by atoms with Gasteiger partial charge in [0.25, 0.3) is 0 Å². The Morgan fingerprint density at radius 3 is 2.79 bits per heavy atom. The van der Waals surface area contributed by atoms with Crippen molar-refractivity contribution in [3.8, 4) is 0 Å². The quantitative estimate of drug-likeness (QED) is 0.866. The van der Waals surface area contributed by atoms with E-state index >= 15 is 0 Å². The maximum Gasteiger partial charge on any atom is 0.220 e. The molecule has 0 radical (unpaired) electrons. The summed E-state index contributed by atoms with van der Waals surface area (Å²) < 4.78 is 0. The van der Waals surface area contributed by atoms with Gasteiger partial charge in [-0.15, -0.1) is 0 Å². The highest BCUT2D eigenvalue weighted by molar-refractivity contribution is 5.74. The van der Waals surface area contributed by atoms with Crippen molar-refractivity contribution in [3.63, 3.8) is 0 Å². The molecule has 0 spiro atoms. The lowest BCUT2D eigenvalue weighted by atomic mass is 10.0. The van der Waals surface area contributed by atoms with E-state index in [0.717, 1.165) is 69.2 Å². The van der Waals surface area contributed by atoms with Crippen molar-refractivity contribution in [2.24, 2.45) is 0 Å². The van der Waals surface area contributed by atoms with Gasteiger partial charge in [0.05, 0.1) is 11.7 Å². The Labute approximate surface area is 167 Å². The Bertz CT molecular complexity index is 838. The van der Waals surface area contributed by atoms with E-state index in [1.807, 2.05) is 11.9 Å². The van der Waals surface area contributed by atoms with E-state index in [-0.39, 0.29) is 11.9 Å². The second kappa shape index (κ2) is 8.27. The van der Waals surface area contributed by atoms with Gasteiger partial charge in [-0.25, -0.2) is 9.97 Å². The van der Waals surface area contributed by atoms with Crippen molar-refractivity contribution in [3.05, 3.63) is 53.0 Å². The van der Waals surface area contributed by atoms with E-state index in [9.17, 15) is 4.79 Å². The van der Waals surface area contributed by atoms with Gasteiger partial charge in [0, 0.05) is 45.7 Å². The van der Waals surface area contributed by atoms with Gasteiger partial charge in [-0.3, -0.25) is 9.69 Å². The zero-order chi connectivity index (χ0) is 19.5. The molecule has 1 atom stereocenters. The summed E-state index contributed by atoms with van der Waals surface area (Å²) in [5.41, 5.74) is 3.72. The molecule has 0 saturated carbocycles. The largest absolute Gasteiger partial charge is 0.373 e. The van der Waals surface area contributed by atoms with Crippen LogP contribution in [0.25, 0.3) is 0 Å². The van der Waals surface area contributed by atoms with Gasteiger partial charge < -0.3 is 10.2 Å². The Balaban J connectivity index is 1.53. The molecule has 1 N–H and O–H groups in total. The van der Waals surface area contributed by atoms with Crippen LogP contribution in [-0.2, 0) is 24.2 Å². The molecule has 6 nitrogen and oxygen atoms in total. The number of nitrogens with one attached hydrogen (secondary N) is 1. The third-order valence-corrected chi connectivity index (χ3v) is 5.91. The molecular formula is C22H29N5O. The molecule has 1 aromatic carbocycles. The van der Waals surface area contributed by atoms with E-state index in [4.69, 9.17) is 9.97 Å². The van der Waals surface area contributed by atoms with Crippen LogP contribution in [0.4, 0.5) is 5.82 Å². The SMILES string of the molecule is CNc1nc([C@@H]2CCCN2C(C)=O)nc2c1CCN(CCc1ccccc1)C2. The second-order valence-electron chi connectivity index (χ2n) is 7.74. The van der Waals surface area contributed by atoms with Crippen molar-refractivity contribution in [2.45, 2.75) is 45.2 Å². The number of amides is 1. The van der Waals surface area contributed by atoms with Crippen LogP contribution in [0.5, 0.6) is 0 Å². The average Bonchev–Trinajstić information content (AvgIpc) is 3.22. The smallest absolute Gasteiger partial charge is 0.220 e. The van der Waals surface area contributed by atoms with E-state index in [2.05, 4.69) is 40.5 Å². The number of benzene rings is 1. The average molecular weight is 380 g/mol. The number of hydrogen-bond acceptors (Lipinski definition) is 5. The molecule has 0 aliphatic carbocycles. The van der Waals surface area contributed by atoms with Crippen LogP contribution < -0.4 is 5.32 Å². The minimum atomic E-state index is 0.00888. The number of likely N-dealkylation sites (tertiary alicyclic amines) is 1. The van der Waals surface area contributed by atoms with Crippen LogP contribution >= 0.6 is 0 Å². The minimum absolute atomic E-state index is 0.00888. The summed E-state index contributed by atoms with van der Waals surface area (Å²) in [6.07, 6.45) is 3.97. The van der Waals surface area contributed by atoms with E-state index in [1.54, 1.807) is 6.92 Å². The lowest BCUT2D eigenvalue weighted by Crippen LogP contribution is -2.35. The Morgan fingerprint density at radius 2 is 2.04 bits per heavy atom. The van der Waals surface area contributed by atoms with Gasteiger partial charge in [0.2, 0.25) is 5.91 Å². The molecule has 2 aliphatic heterocycles. The molecule has 28 heavy (non-hydrogen) atoms. The fraction of sp³-hybridized carbons (Fsp3) is 0.500. The Kier molecular flexibility index (Phi) is 5.57. The number of hydrogen-bond donors (Lipinski definition) is 1. The molecular weight excluding hydrogens is 350 g/mol. The maximum atomic E-state index is 12.0. The van der Waals surface area contributed by atoms with Crippen LogP contribution in [0.3, 0.4) is 0 Å². The predicted octanol–water partition coefficient (Wildman–Crippen LogP) is 2.80. The first kappa shape index (κ1) is 18.9. The molecule has 0 unspecified atom stereocenters. The monoisotopic (exact) mass is 379 g/mol. The standard InChI is InChI=1S/C22H29N5O/c1-16(28)27-12-6-9-20(27)22-24-19-15-26(13-10-17-7-4-3-5-8-17)14-11-18(19)21(23-2)25-22/h3-5,7-8,20H,6,9-15H2,1-2H3,(H,23,24,25)/t20-/m0/s1. The zero-order valence-corrected chi connectivity index (χ0v) is 16.8. The number of aromatic nitrogens is 2. The number of nitrogens with zero attached hydrogens (tertiary/aromatic N) is 4. The van der Waals surface area contributed by atoms with Crippen molar-refractivity contribution in [2.75, 3.05) is 32.0 Å². The second-order valence-corrected chi connectivity index (χ2v) is 7.74. The Hall–Kier alpha value is -2.47. The number of carbonyl (C=O) groups is 1. The van der Waals surface area contributed by atoms with Crippen LogP contribution in [0.15, 0.2) is 30.3 Å². The summed E-state index contributed by atoms with van der Waals surface area (Å²) in [6, 6.07) is 10.6. The number of fused-ring (bicyclic) bond motifs is 1. The molecule has 3 heterocycles. The highest BCUT2D eigenvalue weighted by Gasteiger charge is 2.32. The van der Waals surface area contributed by atoms with E-state index in [1.165, 1.54) is 11.1 Å². The molecule has 1 saturated heterocycles. The molecule has 1 aromatic heterocycles. The first-order valence-electron chi connectivity index (χ1n) is 10.3. The van der Waals surface area contributed by atoms with Crippen LogP contribution in [-0.4, -0.2) is 52.4 Å². The predicted molar refractivity (Wildman–Crippen MR) is 110 cm³/mol. The van der Waals surface area contributed by atoms with Crippen molar-refractivity contribution in [1.29, 1.82) is 0 Å². The summed E-state index contributed by atoms with van der Waals surface area (Å²) in [5, 5.41) is 3.26. The normalized spacial score (nSPS) is 19.5. The number of anilines is 1. The first-order valence-corrected chi connectivity index (χ1v) is 10.3. The third kappa shape index (κ3) is 3.87. The molecule has 2 aromatic rings. The molecule has 6 heteroatoms. The topological polar surface area (TPSA) is 61.4 Å². The first-order chi connectivity index (χ1) is 13.7. The lowest BCUT2D eigenvalue weighted by Gasteiger charge is -2.30. The van der Waals surface area contributed by atoms with Gasteiger partial charge in [-0.2, -0.15) is 0 Å². The van der Waals surface area contributed by atoms with Gasteiger partial charge >= 0.3 is 0 Å². The van der Waals surface area contributed by atoms with Crippen molar-refractivity contribution >= 4 is 11.7 Å². The van der Waals surface area contributed by atoms with Gasteiger partial charge in [0.1, 0.15) is 5.82 Å². The zero-order valence-electron chi connectivity index (χ0n) is 16.8. The van der Waals surface area contributed by atoms with Crippen LogP contribution in [0, 0.1) is 0 Å². The number of rotatable bonds is 5. The van der Waals surface area contributed by atoms with Gasteiger partial charge in [0.15, 0.2) is 5.82 Å². The molecule has 1 amide bonds. The summed E-state index contributed by atoms with van der Waals surface area (Å²) in [4.78, 5) is 26.1. The number of carbonyl (C=O) groups excluding carboxylic acids is 1.